The number of aliphatic hydroxyl groups is 2. The molecular formula is C29H28FN5O4. The molecule has 2 fully saturated rings. The zero-order chi connectivity index (χ0) is 27.0. The SMILES string of the molecule is O=C1C[C@H](O)C[C@H](CCn2c(C3(O)CC3)nc(-c3ccnc(Nc4ccccc4)n3)c2-c2ccc(F)cc2)O1. The van der Waals surface area contributed by atoms with E-state index in [2.05, 4.69) is 10.3 Å². The number of hydrogen-bond acceptors (Lipinski definition) is 8. The number of halogens is 1. The molecule has 1 aliphatic heterocycles. The number of ether oxygens (including phenoxy) is 1. The molecule has 0 spiro atoms. The predicted octanol–water partition coefficient (Wildman–Crippen LogP) is 4.33. The van der Waals surface area contributed by atoms with Crippen LogP contribution in [-0.2, 0) is 21.7 Å². The fourth-order valence-corrected chi connectivity index (χ4v) is 4.96. The van der Waals surface area contributed by atoms with Gasteiger partial charge in [-0.25, -0.2) is 19.3 Å². The number of aromatic nitrogens is 4. The van der Waals surface area contributed by atoms with E-state index in [4.69, 9.17) is 14.7 Å². The molecule has 0 unspecified atom stereocenters. The first kappa shape index (κ1) is 25.1. The van der Waals surface area contributed by atoms with Gasteiger partial charge in [-0.05, 0) is 55.3 Å². The second-order valence-corrected chi connectivity index (χ2v) is 10.1. The highest BCUT2D eigenvalue weighted by atomic mass is 19.1. The van der Waals surface area contributed by atoms with Gasteiger partial charge in [-0.2, -0.15) is 0 Å². The second kappa shape index (κ2) is 10.2. The van der Waals surface area contributed by atoms with Gasteiger partial charge in [0, 0.05) is 36.8 Å². The molecule has 3 heterocycles. The Bertz CT molecular complexity index is 1490. The van der Waals surface area contributed by atoms with Crippen LogP contribution in [0.25, 0.3) is 22.6 Å². The summed E-state index contributed by atoms with van der Waals surface area (Å²) in [6.07, 6.45) is 2.31. The first-order valence-corrected chi connectivity index (χ1v) is 13.0. The molecule has 200 valence electrons. The van der Waals surface area contributed by atoms with Crippen molar-refractivity contribution in [2.75, 3.05) is 5.32 Å². The molecule has 0 bridgehead atoms. The van der Waals surface area contributed by atoms with Gasteiger partial charge in [-0.1, -0.05) is 18.2 Å². The molecule has 9 nitrogen and oxygen atoms in total. The number of imidazole rings is 1. The Hall–Kier alpha value is -4.15. The Morgan fingerprint density at radius 1 is 1.08 bits per heavy atom. The Morgan fingerprint density at radius 2 is 1.85 bits per heavy atom. The molecule has 1 saturated heterocycles. The van der Waals surface area contributed by atoms with Gasteiger partial charge in [-0.3, -0.25) is 4.79 Å². The fourth-order valence-electron chi connectivity index (χ4n) is 4.96. The first-order chi connectivity index (χ1) is 18.9. The zero-order valence-electron chi connectivity index (χ0n) is 21.1. The van der Waals surface area contributed by atoms with E-state index in [1.54, 1.807) is 24.4 Å². The number of benzene rings is 2. The summed E-state index contributed by atoms with van der Waals surface area (Å²) in [7, 11) is 0. The van der Waals surface area contributed by atoms with E-state index in [-0.39, 0.29) is 12.2 Å². The monoisotopic (exact) mass is 529 g/mol. The summed E-state index contributed by atoms with van der Waals surface area (Å²) >= 11 is 0. The number of aliphatic hydroxyl groups excluding tert-OH is 1. The highest BCUT2D eigenvalue weighted by molar-refractivity contribution is 5.78. The third-order valence-electron chi connectivity index (χ3n) is 7.06. The van der Waals surface area contributed by atoms with Crippen LogP contribution in [0, 0.1) is 5.82 Å². The van der Waals surface area contributed by atoms with Gasteiger partial charge in [0.15, 0.2) is 0 Å². The van der Waals surface area contributed by atoms with Gasteiger partial charge in [0.1, 0.15) is 29.0 Å². The molecule has 2 atom stereocenters. The quantitative estimate of drug-likeness (QED) is 0.289. The van der Waals surface area contributed by atoms with Gasteiger partial charge in [-0.15, -0.1) is 0 Å². The molecule has 2 aromatic carbocycles. The van der Waals surface area contributed by atoms with Gasteiger partial charge in [0.25, 0.3) is 0 Å². The van der Waals surface area contributed by atoms with Crippen LogP contribution in [-0.4, -0.2) is 47.9 Å². The number of nitrogens with zero attached hydrogens (tertiary/aromatic N) is 4. The number of anilines is 2. The van der Waals surface area contributed by atoms with Crippen LogP contribution >= 0.6 is 0 Å². The Balaban J connectivity index is 1.43. The lowest BCUT2D eigenvalue weighted by Gasteiger charge is -2.26. The van der Waals surface area contributed by atoms with Crippen molar-refractivity contribution in [3.8, 4) is 22.6 Å². The normalized spacial score (nSPS) is 19.9. The summed E-state index contributed by atoms with van der Waals surface area (Å²) in [5.74, 6) is 0.0694. The van der Waals surface area contributed by atoms with Crippen LogP contribution in [0.2, 0.25) is 0 Å². The van der Waals surface area contributed by atoms with E-state index in [0.717, 1.165) is 5.69 Å². The molecular weight excluding hydrogens is 501 g/mol. The van der Waals surface area contributed by atoms with E-state index in [0.29, 0.717) is 66.6 Å². The maximum Gasteiger partial charge on any atom is 0.308 e. The summed E-state index contributed by atoms with van der Waals surface area (Å²) in [5, 5.41) is 24.5. The number of carbonyl (C=O) groups is 1. The molecule has 39 heavy (non-hydrogen) atoms. The van der Waals surface area contributed by atoms with Crippen molar-refractivity contribution in [3.63, 3.8) is 0 Å². The summed E-state index contributed by atoms with van der Waals surface area (Å²) in [6.45, 7) is 0.363. The number of esters is 1. The molecule has 2 aliphatic rings. The number of nitrogens with one attached hydrogen (secondary N) is 1. The van der Waals surface area contributed by atoms with E-state index in [9.17, 15) is 19.4 Å². The summed E-state index contributed by atoms with van der Waals surface area (Å²) < 4.78 is 21.3. The molecule has 1 saturated carbocycles. The predicted molar refractivity (Wildman–Crippen MR) is 141 cm³/mol. The minimum Gasteiger partial charge on any atom is -0.462 e. The third-order valence-corrected chi connectivity index (χ3v) is 7.06. The van der Waals surface area contributed by atoms with E-state index in [1.807, 2.05) is 34.9 Å². The van der Waals surface area contributed by atoms with Crippen LogP contribution in [0.1, 0.15) is 37.9 Å². The number of carbonyl (C=O) groups excluding carboxylic acids is 1. The van der Waals surface area contributed by atoms with Crippen molar-refractivity contribution in [3.05, 3.63) is 78.5 Å². The molecule has 2 aromatic heterocycles. The fraction of sp³-hybridized carbons (Fsp3) is 0.310. The maximum absolute atomic E-state index is 13.9. The maximum atomic E-state index is 13.9. The molecule has 0 amide bonds. The Kier molecular flexibility index (Phi) is 6.58. The van der Waals surface area contributed by atoms with Gasteiger partial charge >= 0.3 is 5.97 Å². The molecule has 4 aromatic rings. The van der Waals surface area contributed by atoms with Crippen LogP contribution < -0.4 is 5.32 Å². The van der Waals surface area contributed by atoms with Crippen LogP contribution in [0.3, 0.4) is 0 Å². The Morgan fingerprint density at radius 3 is 2.56 bits per heavy atom. The van der Waals surface area contributed by atoms with Crippen molar-refractivity contribution in [2.24, 2.45) is 0 Å². The molecule has 0 radical (unpaired) electrons. The smallest absolute Gasteiger partial charge is 0.308 e. The van der Waals surface area contributed by atoms with Crippen molar-refractivity contribution < 1.29 is 24.1 Å². The molecule has 1 aliphatic carbocycles. The standard InChI is InChI=1S/C29H28FN5O4/c30-19-8-6-18(7-9-19)26-25(23-10-14-31-28(33-23)32-20-4-2-1-3-5-20)34-27(29(38)12-13-29)35(26)15-11-22-16-21(36)17-24(37)39-22/h1-10,14,21-22,36,38H,11-13,15-17H2,(H,31,32,33)/t21-,22+/m1/s1. The lowest BCUT2D eigenvalue weighted by molar-refractivity contribution is -0.160. The van der Waals surface area contributed by atoms with Gasteiger partial charge < -0.3 is 24.8 Å². The van der Waals surface area contributed by atoms with Gasteiger partial charge in [0.05, 0.1) is 23.9 Å². The highest BCUT2D eigenvalue weighted by Gasteiger charge is 2.47. The van der Waals surface area contributed by atoms with Gasteiger partial charge in [0.2, 0.25) is 5.95 Å². The minimum atomic E-state index is -1.09. The molecule has 10 heteroatoms. The highest BCUT2D eigenvalue weighted by Crippen LogP contribution is 2.47. The van der Waals surface area contributed by atoms with Crippen molar-refractivity contribution in [2.45, 2.75) is 56.5 Å². The molecule has 3 N–H and O–H groups in total. The van der Waals surface area contributed by atoms with Crippen molar-refractivity contribution in [1.82, 2.24) is 19.5 Å². The zero-order valence-corrected chi connectivity index (χ0v) is 21.1. The summed E-state index contributed by atoms with van der Waals surface area (Å²) in [4.78, 5) is 25.9. The average Bonchev–Trinajstić information content (AvgIpc) is 3.55. The van der Waals surface area contributed by atoms with E-state index in [1.165, 1.54) is 12.1 Å². The largest absolute Gasteiger partial charge is 0.462 e. The number of cyclic esters (lactones) is 1. The van der Waals surface area contributed by atoms with E-state index < -0.39 is 23.8 Å². The van der Waals surface area contributed by atoms with Crippen LogP contribution in [0.5, 0.6) is 0 Å². The van der Waals surface area contributed by atoms with Crippen LogP contribution in [0.15, 0.2) is 66.9 Å². The summed E-state index contributed by atoms with van der Waals surface area (Å²) in [6, 6.07) is 17.4. The molecule has 6 rings (SSSR count). The topological polar surface area (TPSA) is 122 Å². The average molecular weight is 530 g/mol. The van der Waals surface area contributed by atoms with Crippen LogP contribution in [0.4, 0.5) is 16.0 Å². The van der Waals surface area contributed by atoms with Crippen molar-refractivity contribution >= 4 is 17.6 Å². The number of hydrogen-bond donors (Lipinski definition) is 3. The lowest BCUT2D eigenvalue weighted by atomic mass is 10.0. The second-order valence-electron chi connectivity index (χ2n) is 10.1. The Labute approximate surface area is 224 Å². The first-order valence-electron chi connectivity index (χ1n) is 13.0. The lowest BCUT2D eigenvalue weighted by Crippen LogP contribution is -2.33. The minimum absolute atomic E-state index is 0.00931. The summed E-state index contributed by atoms with van der Waals surface area (Å²) in [5.41, 5.74) is 2.16. The van der Waals surface area contributed by atoms with E-state index >= 15 is 0 Å². The number of rotatable bonds is 8. The third kappa shape index (κ3) is 5.39. The van der Waals surface area contributed by atoms with Crippen molar-refractivity contribution in [1.29, 1.82) is 0 Å². The number of para-hydroxylation sites is 1.